The molecular formula is C14H15O4P. The molecule has 2 N–H and O–H groups in total. The molecule has 0 radical (unpaired) electrons. The van der Waals surface area contributed by atoms with Crippen LogP contribution in [0.2, 0.25) is 0 Å². The lowest BCUT2D eigenvalue weighted by molar-refractivity contribution is 0.412. The molecular weight excluding hydrogens is 263 g/mol. The smallest absolute Gasteiger partial charge is 0.130 e. The van der Waals surface area contributed by atoms with Crippen molar-refractivity contribution in [3.8, 4) is 23.0 Å². The van der Waals surface area contributed by atoms with Crippen LogP contribution in [0.5, 0.6) is 23.0 Å². The van der Waals surface area contributed by atoms with Crippen LogP contribution in [0.3, 0.4) is 0 Å². The Hall–Kier alpha value is -1.93. The lowest BCUT2D eigenvalue weighted by Gasteiger charge is -2.13. The third-order valence-corrected chi connectivity index (χ3v) is 4.20. The molecule has 0 heterocycles. The van der Waals surface area contributed by atoms with Crippen LogP contribution >= 0.6 is 8.58 Å². The van der Waals surface area contributed by atoms with Crippen molar-refractivity contribution >= 4 is 19.2 Å². The van der Waals surface area contributed by atoms with Gasteiger partial charge in [0, 0.05) is 0 Å². The normalized spacial score (nSPS) is 10.2. The second kappa shape index (κ2) is 5.81. The van der Waals surface area contributed by atoms with E-state index >= 15 is 0 Å². The van der Waals surface area contributed by atoms with Crippen molar-refractivity contribution in [3.63, 3.8) is 0 Å². The van der Waals surface area contributed by atoms with Crippen LogP contribution in [0, 0.1) is 0 Å². The predicted octanol–water partition coefficient (Wildman–Crippen LogP) is 1.74. The molecule has 0 aliphatic heterocycles. The molecule has 0 spiro atoms. The van der Waals surface area contributed by atoms with Gasteiger partial charge in [0.2, 0.25) is 0 Å². The summed E-state index contributed by atoms with van der Waals surface area (Å²) in [5.41, 5.74) is 0. The Morgan fingerprint density at radius 2 is 1.21 bits per heavy atom. The lowest BCUT2D eigenvalue weighted by Crippen LogP contribution is -2.10. The maximum atomic E-state index is 9.94. The van der Waals surface area contributed by atoms with E-state index in [1.807, 2.05) is 0 Å². The molecule has 0 aliphatic carbocycles. The molecule has 0 aliphatic rings. The summed E-state index contributed by atoms with van der Waals surface area (Å²) < 4.78 is 10.5. The average Bonchev–Trinajstić information content (AvgIpc) is 2.42. The second-order valence-electron chi connectivity index (χ2n) is 3.83. The van der Waals surface area contributed by atoms with Crippen molar-refractivity contribution in [2.45, 2.75) is 0 Å². The van der Waals surface area contributed by atoms with Crippen LogP contribution < -0.4 is 20.1 Å². The zero-order valence-electron chi connectivity index (χ0n) is 10.7. The maximum Gasteiger partial charge on any atom is 0.130 e. The van der Waals surface area contributed by atoms with E-state index in [4.69, 9.17) is 9.47 Å². The summed E-state index contributed by atoms with van der Waals surface area (Å²) in [7, 11) is 3.13. The highest BCUT2D eigenvalue weighted by Crippen LogP contribution is 2.31. The van der Waals surface area contributed by atoms with E-state index in [1.54, 1.807) is 50.6 Å². The van der Waals surface area contributed by atoms with Gasteiger partial charge in [0.25, 0.3) is 0 Å². The van der Waals surface area contributed by atoms with Gasteiger partial charge in [-0.2, -0.15) is 0 Å². The summed E-state index contributed by atoms with van der Waals surface area (Å²) >= 11 is 0. The van der Waals surface area contributed by atoms with E-state index in [-0.39, 0.29) is 20.1 Å². The Morgan fingerprint density at radius 3 is 1.58 bits per heavy atom. The molecule has 0 fully saturated rings. The van der Waals surface area contributed by atoms with Crippen LogP contribution in [-0.4, -0.2) is 24.4 Å². The highest BCUT2D eigenvalue weighted by atomic mass is 31.1. The summed E-state index contributed by atoms with van der Waals surface area (Å²) in [5.74, 6) is 1.46. The summed E-state index contributed by atoms with van der Waals surface area (Å²) in [4.78, 5) is 0. The third-order valence-electron chi connectivity index (χ3n) is 2.70. The summed E-state index contributed by atoms with van der Waals surface area (Å²) in [5, 5.41) is 21.2. The largest absolute Gasteiger partial charge is 0.507 e. The lowest BCUT2D eigenvalue weighted by atomic mass is 10.3. The molecule has 0 unspecified atom stereocenters. The van der Waals surface area contributed by atoms with Crippen LogP contribution in [0.25, 0.3) is 0 Å². The molecule has 2 aromatic rings. The molecule has 2 aromatic carbocycles. The Balaban J connectivity index is 2.47. The minimum absolute atomic E-state index is 0.0357. The number of aromatic hydroxyl groups is 2. The van der Waals surface area contributed by atoms with Gasteiger partial charge < -0.3 is 19.7 Å². The zero-order chi connectivity index (χ0) is 13.8. The fraction of sp³-hybridized carbons (Fsp3) is 0.143. The SMILES string of the molecule is COc1cccc(O)c1Pc1c(O)cccc1OC. The number of phenols is 2. The molecule has 0 aromatic heterocycles. The van der Waals surface area contributed by atoms with Crippen molar-refractivity contribution in [2.75, 3.05) is 14.2 Å². The van der Waals surface area contributed by atoms with Crippen molar-refractivity contribution in [1.29, 1.82) is 0 Å². The molecule has 4 nitrogen and oxygen atoms in total. The van der Waals surface area contributed by atoms with Crippen molar-refractivity contribution in [2.24, 2.45) is 0 Å². The quantitative estimate of drug-likeness (QED) is 0.836. The van der Waals surface area contributed by atoms with E-state index in [0.717, 1.165) is 0 Å². The average molecular weight is 278 g/mol. The number of hydrogen-bond acceptors (Lipinski definition) is 4. The Morgan fingerprint density at radius 1 is 0.789 bits per heavy atom. The van der Waals surface area contributed by atoms with Gasteiger partial charge in [-0.05, 0) is 32.8 Å². The highest BCUT2D eigenvalue weighted by molar-refractivity contribution is 7.56. The predicted molar refractivity (Wildman–Crippen MR) is 76.9 cm³/mol. The summed E-state index contributed by atoms with van der Waals surface area (Å²) in [6.07, 6.45) is 0. The fourth-order valence-corrected chi connectivity index (χ4v) is 3.05. The van der Waals surface area contributed by atoms with E-state index in [2.05, 4.69) is 0 Å². The first kappa shape index (κ1) is 13.5. The van der Waals surface area contributed by atoms with Gasteiger partial charge in [0.1, 0.15) is 23.0 Å². The van der Waals surface area contributed by atoms with E-state index in [1.165, 1.54) is 0 Å². The number of rotatable bonds is 4. The van der Waals surface area contributed by atoms with E-state index < -0.39 is 0 Å². The van der Waals surface area contributed by atoms with Crippen molar-refractivity contribution in [1.82, 2.24) is 0 Å². The zero-order valence-corrected chi connectivity index (χ0v) is 11.7. The number of phenolic OH excluding ortho intramolecular Hbond substituents is 2. The second-order valence-corrected chi connectivity index (χ2v) is 5.08. The van der Waals surface area contributed by atoms with Crippen LogP contribution in [0.1, 0.15) is 0 Å². The molecule has 19 heavy (non-hydrogen) atoms. The van der Waals surface area contributed by atoms with Crippen LogP contribution in [0.15, 0.2) is 36.4 Å². The van der Waals surface area contributed by atoms with Crippen LogP contribution in [-0.2, 0) is 0 Å². The summed E-state index contributed by atoms with van der Waals surface area (Å²) in [6, 6.07) is 10.2. The monoisotopic (exact) mass is 278 g/mol. The van der Waals surface area contributed by atoms with Gasteiger partial charge in [-0.15, -0.1) is 0 Å². The van der Waals surface area contributed by atoms with Gasteiger partial charge in [0.15, 0.2) is 0 Å². The highest BCUT2D eigenvalue weighted by Gasteiger charge is 2.15. The minimum atomic E-state index is 0.0357. The van der Waals surface area contributed by atoms with Gasteiger partial charge in [-0.3, -0.25) is 0 Å². The molecule has 2 rings (SSSR count). The van der Waals surface area contributed by atoms with Crippen molar-refractivity contribution in [3.05, 3.63) is 36.4 Å². The maximum absolute atomic E-state index is 9.94. The standard InChI is InChI=1S/C14H15O4P/c1-17-11-7-3-5-9(15)13(11)19-14-10(16)6-4-8-12(14)18-2/h3-8,15-16,19H,1-2H3. The molecule has 0 bridgehead atoms. The van der Waals surface area contributed by atoms with Gasteiger partial charge in [0.05, 0.1) is 24.8 Å². The Labute approximate surface area is 113 Å². The van der Waals surface area contributed by atoms with Gasteiger partial charge in [-0.1, -0.05) is 12.1 Å². The summed E-state index contributed by atoms with van der Waals surface area (Å²) in [6.45, 7) is 0. The Kier molecular flexibility index (Phi) is 4.13. The third kappa shape index (κ3) is 2.74. The van der Waals surface area contributed by atoms with Gasteiger partial charge in [-0.25, -0.2) is 0 Å². The van der Waals surface area contributed by atoms with E-state index in [0.29, 0.717) is 22.1 Å². The first-order valence-electron chi connectivity index (χ1n) is 5.66. The fourth-order valence-electron chi connectivity index (χ4n) is 1.76. The first-order valence-corrected chi connectivity index (χ1v) is 6.66. The molecule has 0 atom stereocenters. The number of methoxy groups -OCH3 is 2. The number of ether oxygens (including phenoxy) is 2. The Bertz CT molecular complexity index is 532. The minimum Gasteiger partial charge on any atom is -0.507 e. The van der Waals surface area contributed by atoms with Crippen molar-refractivity contribution < 1.29 is 19.7 Å². The van der Waals surface area contributed by atoms with Gasteiger partial charge >= 0.3 is 0 Å². The molecule has 100 valence electrons. The van der Waals surface area contributed by atoms with Crippen LogP contribution in [0.4, 0.5) is 0 Å². The topological polar surface area (TPSA) is 58.9 Å². The van der Waals surface area contributed by atoms with E-state index in [9.17, 15) is 10.2 Å². The molecule has 5 heteroatoms. The molecule has 0 saturated carbocycles. The molecule has 0 amide bonds. The first-order chi connectivity index (χ1) is 9.17. The number of benzene rings is 2. The molecule has 0 saturated heterocycles. The number of hydrogen-bond donors (Lipinski definition) is 2.